The predicted molar refractivity (Wildman–Crippen MR) is 93.9 cm³/mol. The van der Waals surface area contributed by atoms with E-state index >= 15 is 0 Å². The highest BCUT2D eigenvalue weighted by atomic mass is 16.4. The van der Waals surface area contributed by atoms with Crippen molar-refractivity contribution in [2.24, 2.45) is 0 Å². The summed E-state index contributed by atoms with van der Waals surface area (Å²) in [6, 6.07) is 15.5. The second kappa shape index (κ2) is 6.24. The Morgan fingerprint density at radius 2 is 2.04 bits per heavy atom. The van der Waals surface area contributed by atoms with Crippen LogP contribution in [0.2, 0.25) is 0 Å². The molecular weight excluding hydrogens is 316 g/mol. The fourth-order valence-electron chi connectivity index (χ4n) is 2.67. The predicted octanol–water partition coefficient (Wildman–Crippen LogP) is 3.46. The maximum Gasteiger partial charge on any atom is 0.272 e. The van der Waals surface area contributed by atoms with Crippen molar-refractivity contribution in [3.8, 4) is 11.3 Å². The third-order valence-electron chi connectivity index (χ3n) is 3.95. The third kappa shape index (κ3) is 3.01. The van der Waals surface area contributed by atoms with E-state index in [1.165, 1.54) is 0 Å². The van der Waals surface area contributed by atoms with Gasteiger partial charge in [0.05, 0.1) is 18.3 Å². The summed E-state index contributed by atoms with van der Waals surface area (Å²) in [6.07, 6.45) is 1.66. The second-order valence-electron chi connectivity index (χ2n) is 5.79. The van der Waals surface area contributed by atoms with Crippen molar-refractivity contribution >= 4 is 16.8 Å². The topological polar surface area (TPSA) is 83.8 Å². The molecule has 4 aromatic rings. The van der Waals surface area contributed by atoms with Crippen LogP contribution < -0.4 is 5.32 Å². The van der Waals surface area contributed by atoms with Crippen molar-refractivity contribution in [3.05, 3.63) is 71.9 Å². The summed E-state index contributed by atoms with van der Waals surface area (Å²) < 4.78 is 5.69. The summed E-state index contributed by atoms with van der Waals surface area (Å²) in [5.74, 6) is 0.852. The van der Waals surface area contributed by atoms with Crippen molar-refractivity contribution in [2.45, 2.75) is 13.5 Å². The highest BCUT2D eigenvalue weighted by molar-refractivity contribution is 6.04. The number of carbonyl (C=O) groups is 1. The number of aromatic amines is 1. The van der Waals surface area contributed by atoms with Crippen molar-refractivity contribution in [1.82, 2.24) is 20.5 Å². The smallest absolute Gasteiger partial charge is 0.272 e. The summed E-state index contributed by atoms with van der Waals surface area (Å²) in [6.45, 7) is 2.18. The zero-order chi connectivity index (χ0) is 17.2. The first kappa shape index (κ1) is 15.1. The monoisotopic (exact) mass is 332 g/mol. The Bertz CT molecular complexity index is 1030. The minimum atomic E-state index is -0.267. The molecule has 2 heterocycles. The molecule has 0 spiro atoms. The van der Waals surface area contributed by atoms with Crippen LogP contribution in [0.15, 0.2) is 59.1 Å². The van der Waals surface area contributed by atoms with E-state index in [0.29, 0.717) is 17.3 Å². The Morgan fingerprint density at radius 3 is 2.88 bits per heavy atom. The van der Waals surface area contributed by atoms with Gasteiger partial charge in [0.1, 0.15) is 0 Å². The maximum absolute atomic E-state index is 12.4. The van der Waals surface area contributed by atoms with Crippen LogP contribution in [0.3, 0.4) is 0 Å². The van der Waals surface area contributed by atoms with E-state index in [1.54, 1.807) is 6.20 Å². The lowest BCUT2D eigenvalue weighted by molar-refractivity contribution is 0.0944. The van der Waals surface area contributed by atoms with Crippen molar-refractivity contribution in [2.75, 3.05) is 0 Å². The van der Waals surface area contributed by atoms with Gasteiger partial charge in [0.2, 0.25) is 5.89 Å². The Labute approximate surface area is 143 Å². The van der Waals surface area contributed by atoms with Gasteiger partial charge in [-0.25, -0.2) is 4.98 Å². The molecule has 0 saturated heterocycles. The number of aryl methyl sites for hydroxylation is 1. The average Bonchev–Trinajstić information content (AvgIpc) is 3.27. The van der Waals surface area contributed by atoms with E-state index in [4.69, 9.17) is 4.42 Å². The number of nitrogens with one attached hydrogen (secondary N) is 2. The number of H-pyrrole nitrogens is 1. The number of benzene rings is 2. The molecule has 0 unspecified atom stereocenters. The molecule has 0 atom stereocenters. The third-order valence-corrected chi connectivity index (χ3v) is 3.95. The van der Waals surface area contributed by atoms with E-state index in [0.717, 1.165) is 22.0 Å². The molecule has 0 aliphatic carbocycles. The lowest BCUT2D eigenvalue weighted by atomic mass is 10.1. The summed E-state index contributed by atoms with van der Waals surface area (Å²) in [7, 11) is 0. The fourth-order valence-corrected chi connectivity index (χ4v) is 2.67. The van der Waals surface area contributed by atoms with Gasteiger partial charge in [-0.1, -0.05) is 42.0 Å². The van der Waals surface area contributed by atoms with Crippen LogP contribution in [0.1, 0.15) is 21.9 Å². The van der Waals surface area contributed by atoms with Crippen LogP contribution in [0.4, 0.5) is 0 Å². The lowest BCUT2D eigenvalue weighted by Gasteiger charge is -2.01. The Balaban J connectivity index is 1.48. The molecule has 0 aliphatic rings. The second-order valence-corrected chi connectivity index (χ2v) is 5.79. The molecule has 4 rings (SSSR count). The largest absolute Gasteiger partial charge is 0.439 e. The summed E-state index contributed by atoms with van der Waals surface area (Å²) >= 11 is 0. The van der Waals surface area contributed by atoms with E-state index in [-0.39, 0.29) is 12.5 Å². The number of oxazole rings is 1. The molecule has 2 aromatic carbocycles. The van der Waals surface area contributed by atoms with Crippen LogP contribution >= 0.6 is 0 Å². The van der Waals surface area contributed by atoms with E-state index in [1.807, 2.05) is 55.5 Å². The number of hydrogen-bond donors (Lipinski definition) is 2. The molecule has 0 fully saturated rings. The highest BCUT2D eigenvalue weighted by Crippen LogP contribution is 2.20. The minimum absolute atomic E-state index is 0.200. The molecule has 6 nitrogen and oxygen atoms in total. The van der Waals surface area contributed by atoms with Crippen LogP contribution in [-0.2, 0) is 6.54 Å². The van der Waals surface area contributed by atoms with Gasteiger partial charge < -0.3 is 9.73 Å². The van der Waals surface area contributed by atoms with E-state index in [2.05, 4.69) is 20.5 Å². The number of rotatable bonds is 4. The van der Waals surface area contributed by atoms with Gasteiger partial charge in [-0.15, -0.1) is 0 Å². The van der Waals surface area contributed by atoms with Crippen molar-refractivity contribution < 1.29 is 9.21 Å². The Hall–Kier alpha value is -3.41. The van der Waals surface area contributed by atoms with Crippen molar-refractivity contribution in [1.29, 1.82) is 0 Å². The van der Waals surface area contributed by atoms with Gasteiger partial charge in [0.25, 0.3) is 5.91 Å². The van der Waals surface area contributed by atoms with Gasteiger partial charge in [-0.2, -0.15) is 5.10 Å². The van der Waals surface area contributed by atoms with Gasteiger partial charge in [0.15, 0.2) is 11.5 Å². The first-order valence-corrected chi connectivity index (χ1v) is 7.94. The zero-order valence-corrected chi connectivity index (χ0v) is 13.6. The Kier molecular flexibility index (Phi) is 3.78. The molecule has 0 bridgehead atoms. The number of aromatic nitrogens is 3. The number of nitrogens with zero attached hydrogens (tertiary/aromatic N) is 2. The Morgan fingerprint density at radius 1 is 1.20 bits per heavy atom. The number of fused-ring (bicyclic) bond motifs is 1. The number of amides is 1. The summed E-state index contributed by atoms with van der Waals surface area (Å²) in [5.41, 5.74) is 3.22. The molecule has 2 N–H and O–H groups in total. The van der Waals surface area contributed by atoms with Crippen LogP contribution in [-0.4, -0.2) is 21.1 Å². The summed E-state index contributed by atoms with van der Waals surface area (Å²) in [5, 5.41) is 10.6. The van der Waals surface area contributed by atoms with Crippen LogP contribution in [0.25, 0.3) is 22.2 Å². The molecular formula is C19H16N4O2. The first-order valence-electron chi connectivity index (χ1n) is 7.94. The van der Waals surface area contributed by atoms with Gasteiger partial charge in [-0.05, 0) is 19.1 Å². The van der Waals surface area contributed by atoms with Gasteiger partial charge in [-0.3, -0.25) is 9.89 Å². The highest BCUT2D eigenvalue weighted by Gasteiger charge is 2.15. The maximum atomic E-state index is 12.4. The molecule has 2 aromatic heterocycles. The quantitative estimate of drug-likeness (QED) is 0.599. The molecule has 1 amide bonds. The average molecular weight is 332 g/mol. The first-order chi connectivity index (χ1) is 12.2. The standard InChI is InChI=1S/C19H16N4O2/c1-12-7-8-15-14(9-12)18(23-22-15)19(24)21-11-17-20-10-16(25-17)13-5-3-2-4-6-13/h2-10H,11H2,1H3,(H,21,24)(H,22,23). The lowest BCUT2D eigenvalue weighted by Crippen LogP contribution is -2.23. The number of carbonyl (C=O) groups excluding carboxylic acids is 1. The van der Waals surface area contributed by atoms with Crippen LogP contribution in [0.5, 0.6) is 0 Å². The van der Waals surface area contributed by atoms with Crippen LogP contribution in [0, 0.1) is 6.92 Å². The molecule has 25 heavy (non-hydrogen) atoms. The summed E-state index contributed by atoms with van der Waals surface area (Å²) in [4.78, 5) is 16.6. The van der Waals surface area contributed by atoms with Gasteiger partial charge >= 0.3 is 0 Å². The fraction of sp³-hybridized carbons (Fsp3) is 0.105. The SMILES string of the molecule is Cc1ccc2[nH]nc(C(=O)NCc3ncc(-c4ccccc4)o3)c2c1. The molecule has 0 saturated carbocycles. The van der Waals surface area contributed by atoms with E-state index in [9.17, 15) is 4.79 Å². The number of hydrogen-bond acceptors (Lipinski definition) is 4. The molecule has 6 heteroatoms. The molecule has 0 aliphatic heterocycles. The molecule has 0 radical (unpaired) electrons. The zero-order valence-electron chi connectivity index (χ0n) is 13.6. The van der Waals surface area contributed by atoms with E-state index < -0.39 is 0 Å². The van der Waals surface area contributed by atoms with Crippen molar-refractivity contribution in [3.63, 3.8) is 0 Å². The molecule has 124 valence electrons. The van der Waals surface area contributed by atoms with Gasteiger partial charge in [0, 0.05) is 10.9 Å². The minimum Gasteiger partial charge on any atom is -0.439 e. The normalized spacial score (nSPS) is 10.9.